The number of hydrogen-bond donors (Lipinski definition) is 0. The molecule has 190 valence electrons. The van der Waals surface area contributed by atoms with Gasteiger partial charge in [0, 0.05) is 12.5 Å². The average molecular weight is 501 g/mol. The summed E-state index contributed by atoms with van der Waals surface area (Å²) in [7, 11) is -2.57. The van der Waals surface area contributed by atoms with E-state index in [-0.39, 0.29) is 17.2 Å². The van der Waals surface area contributed by atoms with E-state index in [1.807, 2.05) is 24.3 Å². The molecule has 0 aromatic heterocycles. The molecule has 3 atom stereocenters. The van der Waals surface area contributed by atoms with Crippen molar-refractivity contribution in [1.29, 1.82) is 0 Å². The lowest BCUT2D eigenvalue weighted by Crippen LogP contribution is -2.67. The summed E-state index contributed by atoms with van der Waals surface area (Å²) in [5.41, 5.74) is 1.20. The van der Waals surface area contributed by atoms with Crippen molar-refractivity contribution in [2.24, 2.45) is 5.92 Å². The predicted molar refractivity (Wildman–Crippen MR) is 151 cm³/mol. The Morgan fingerprint density at radius 1 is 0.889 bits per heavy atom. The number of benzene rings is 3. The molecule has 1 aliphatic rings. The van der Waals surface area contributed by atoms with Gasteiger partial charge in [-0.15, -0.1) is 6.58 Å². The summed E-state index contributed by atoms with van der Waals surface area (Å²) in [5, 5.41) is 2.55. The quantitative estimate of drug-likeness (QED) is 0.180. The van der Waals surface area contributed by atoms with E-state index in [9.17, 15) is 0 Å². The summed E-state index contributed by atoms with van der Waals surface area (Å²) in [6.07, 6.45) is 4.01. The first kappa shape index (κ1) is 26.6. The zero-order chi connectivity index (χ0) is 25.4. The van der Waals surface area contributed by atoms with E-state index in [0.717, 1.165) is 12.8 Å². The number of rotatable bonds is 11. The summed E-state index contributed by atoms with van der Waals surface area (Å²) in [4.78, 5) is 0. The summed E-state index contributed by atoms with van der Waals surface area (Å²) in [5.74, 6) is 0.318. The van der Waals surface area contributed by atoms with Gasteiger partial charge in [-0.05, 0) is 33.8 Å². The Balaban J connectivity index is 1.44. The van der Waals surface area contributed by atoms with Gasteiger partial charge in [0.1, 0.15) is 0 Å². The van der Waals surface area contributed by atoms with Gasteiger partial charge in [0.25, 0.3) is 8.32 Å². The first-order chi connectivity index (χ1) is 17.4. The minimum atomic E-state index is -2.57. The molecule has 0 N–H and O–H groups in total. The molecule has 0 unspecified atom stereocenters. The molecule has 1 fully saturated rings. The van der Waals surface area contributed by atoms with Crippen molar-refractivity contribution in [2.75, 3.05) is 13.2 Å². The second kappa shape index (κ2) is 12.2. The van der Waals surface area contributed by atoms with Gasteiger partial charge < -0.3 is 13.9 Å². The molecule has 0 amide bonds. The van der Waals surface area contributed by atoms with E-state index in [1.54, 1.807) is 0 Å². The van der Waals surface area contributed by atoms with Crippen molar-refractivity contribution in [3.8, 4) is 0 Å². The van der Waals surface area contributed by atoms with Crippen LogP contribution in [0.3, 0.4) is 0 Å². The lowest BCUT2D eigenvalue weighted by molar-refractivity contribution is -0.00818. The fourth-order valence-electron chi connectivity index (χ4n) is 5.44. The molecule has 0 bridgehead atoms. The molecule has 36 heavy (non-hydrogen) atoms. The van der Waals surface area contributed by atoms with Gasteiger partial charge in [-0.2, -0.15) is 0 Å². The molecule has 1 aliphatic heterocycles. The van der Waals surface area contributed by atoms with E-state index in [0.29, 0.717) is 25.7 Å². The molecule has 0 saturated carbocycles. The molecule has 4 rings (SSSR count). The van der Waals surface area contributed by atoms with Crippen LogP contribution in [0.4, 0.5) is 0 Å². The summed E-state index contributed by atoms with van der Waals surface area (Å²) < 4.78 is 19.6. The second-order valence-corrected chi connectivity index (χ2v) is 15.0. The lowest BCUT2D eigenvalue weighted by Gasteiger charge is -2.43. The molecular weight excluding hydrogens is 460 g/mol. The third-order valence-electron chi connectivity index (χ3n) is 7.24. The first-order valence-corrected chi connectivity index (χ1v) is 15.0. The van der Waals surface area contributed by atoms with Gasteiger partial charge in [-0.25, -0.2) is 0 Å². The van der Waals surface area contributed by atoms with Crippen LogP contribution in [0, 0.1) is 5.92 Å². The Hall–Kier alpha value is -2.50. The van der Waals surface area contributed by atoms with Crippen LogP contribution < -0.4 is 10.4 Å². The molecular formula is C32H40O3Si. The average Bonchev–Trinajstić information content (AvgIpc) is 3.30. The van der Waals surface area contributed by atoms with E-state index < -0.39 is 8.32 Å². The van der Waals surface area contributed by atoms with Crippen LogP contribution in [0.2, 0.25) is 5.04 Å². The highest BCUT2D eigenvalue weighted by Crippen LogP contribution is 2.38. The summed E-state index contributed by atoms with van der Waals surface area (Å²) >= 11 is 0. The second-order valence-electron chi connectivity index (χ2n) is 10.7. The fourth-order valence-corrected chi connectivity index (χ4v) is 10.0. The highest BCUT2D eigenvalue weighted by atomic mass is 28.4. The van der Waals surface area contributed by atoms with Crippen LogP contribution in [0.25, 0.3) is 0 Å². The smallest absolute Gasteiger partial charge is 0.261 e. The van der Waals surface area contributed by atoms with Gasteiger partial charge in [-0.3, -0.25) is 0 Å². The molecule has 1 heterocycles. The normalized spacial score (nSPS) is 20.4. The van der Waals surface area contributed by atoms with Crippen molar-refractivity contribution in [3.05, 3.63) is 109 Å². The van der Waals surface area contributed by atoms with Crippen LogP contribution in [0.15, 0.2) is 104 Å². The summed E-state index contributed by atoms with van der Waals surface area (Å²) in [6.45, 7) is 12.9. The Morgan fingerprint density at radius 2 is 1.44 bits per heavy atom. The van der Waals surface area contributed by atoms with Gasteiger partial charge >= 0.3 is 0 Å². The summed E-state index contributed by atoms with van der Waals surface area (Å²) in [6, 6.07) is 31.9. The van der Waals surface area contributed by atoms with Crippen molar-refractivity contribution in [2.45, 2.75) is 57.5 Å². The largest absolute Gasteiger partial charge is 0.405 e. The number of hydrogen-bond acceptors (Lipinski definition) is 3. The van der Waals surface area contributed by atoms with Gasteiger partial charge in [0.2, 0.25) is 0 Å². The molecule has 3 nitrogen and oxygen atoms in total. The van der Waals surface area contributed by atoms with Crippen LogP contribution in [-0.2, 0) is 20.5 Å². The maximum atomic E-state index is 7.12. The van der Waals surface area contributed by atoms with E-state index in [1.165, 1.54) is 15.9 Å². The number of ether oxygens (including phenoxy) is 2. The highest BCUT2D eigenvalue weighted by Gasteiger charge is 2.50. The SMILES string of the molecule is C=C[C@H]1C[C@@H](CO[Si](c2ccccc2)(c2ccccc2)C(C)(C)C)O[C@H]1CCOCc1ccccc1. The molecule has 0 spiro atoms. The third-order valence-corrected chi connectivity index (χ3v) is 12.2. The van der Waals surface area contributed by atoms with Crippen LogP contribution in [0.5, 0.6) is 0 Å². The van der Waals surface area contributed by atoms with Gasteiger partial charge in [0.05, 0.1) is 25.4 Å². The molecule has 3 aromatic carbocycles. The van der Waals surface area contributed by atoms with Crippen molar-refractivity contribution in [3.63, 3.8) is 0 Å². The Morgan fingerprint density at radius 3 is 1.97 bits per heavy atom. The highest BCUT2D eigenvalue weighted by molar-refractivity contribution is 6.99. The maximum absolute atomic E-state index is 7.12. The third kappa shape index (κ3) is 6.07. The minimum absolute atomic E-state index is 0.0448. The molecule has 3 aromatic rings. The monoisotopic (exact) mass is 500 g/mol. The molecule has 0 radical (unpaired) electrons. The lowest BCUT2D eigenvalue weighted by atomic mass is 9.98. The Labute approximate surface area is 218 Å². The first-order valence-electron chi connectivity index (χ1n) is 13.1. The Bertz CT molecular complexity index is 1020. The standard InChI is InChI=1S/C32H40O3Si/c1-5-27-23-28(35-31(27)21-22-33-24-26-15-9-6-10-16-26)25-34-36(32(2,3)4,29-17-11-7-12-18-29)30-19-13-8-14-20-30/h5-20,27-28,31H,1,21-25H2,2-4H3/t27-,28-,31-/m0/s1. The molecule has 4 heteroatoms. The van der Waals surface area contributed by atoms with Gasteiger partial charge in [-0.1, -0.05) is 118 Å². The minimum Gasteiger partial charge on any atom is -0.405 e. The molecule has 0 aliphatic carbocycles. The Kier molecular flexibility index (Phi) is 8.97. The fraction of sp³-hybridized carbons (Fsp3) is 0.375. The predicted octanol–water partition coefficient (Wildman–Crippen LogP) is 6.13. The zero-order valence-corrected chi connectivity index (χ0v) is 22.9. The zero-order valence-electron chi connectivity index (χ0n) is 21.9. The van der Waals surface area contributed by atoms with E-state index >= 15 is 0 Å². The van der Waals surface area contributed by atoms with Gasteiger partial charge in [0.15, 0.2) is 0 Å². The van der Waals surface area contributed by atoms with Crippen molar-refractivity contribution in [1.82, 2.24) is 0 Å². The van der Waals surface area contributed by atoms with Crippen molar-refractivity contribution >= 4 is 18.7 Å². The maximum Gasteiger partial charge on any atom is 0.261 e. The topological polar surface area (TPSA) is 27.7 Å². The van der Waals surface area contributed by atoms with E-state index in [4.69, 9.17) is 13.9 Å². The molecule has 1 saturated heterocycles. The van der Waals surface area contributed by atoms with Crippen LogP contribution >= 0.6 is 0 Å². The van der Waals surface area contributed by atoms with E-state index in [2.05, 4.69) is 100 Å². The van der Waals surface area contributed by atoms with Crippen molar-refractivity contribution < 1.29 is 13.9 Å². The van der Waals surface area contributed by atoms with Crippen LogP contribution in [0.1, 0.15) is 39.2 Å². The van der Waals surface area contributed by atoms with Crippen LogP contribution in [-0.4, -0.2) is 33.7 Å².